The van der Waals surface area contributed by atoms with Crippen molar-refractivity contribution in [3.8, 4) is 0 Å². The molecule has 5 heteroatoms. The molecule has 1 unspecified atom stereocenters. The van der Waals surface area contributed by atoms with E-state index in [1.54, 1.807) is 12.3 Å². The number of hydrogen-bond donors (Lipinski definition) is 1. The van der Waals surface area contributed by atoms with Crippen LogP contribution in [0.2, 0.25) is 0 Å². The molecule has 0 fully saturated rings. The molecule has 0 aliphatic rings. The summed E-state index contributed by atoms with van der Waals surface area (Å²) in [6, 6.07) is 8.82. The fraction of sp³-hybridized carbons (Fsp3) is 0.267. The average molecular weight is 402 g/mol. The molecular formula is C15H15Br2FN2. The number of nitrogens with zero attached hydrogens (tertiary/aromatic N) is 1. The van der Waals surface area contributed by atoms with Gasteiger partial charge in [0.2, 0.25) is 0 Å². The number of likely N-dealkylation sites (N-methyl/N-ethyl adjacent to an activating group) is 1. The highest BCUT2D eigenvalue weighted by molar-refractivity contribution is 9.10. The van der Waals surface area contributed by atoms with Gasteiger partial charge >= 0.3 is 0 Å². The van der Waals surface area contributed by atoms with Crippen LogP contribution < -0.4 is 5.32 Å². The third-order valence-electron chi connectivity index (χ3n) is 2.99. The minimum atomic E-state index is -0.198. The Morgan fingerprint density at radius 3 is 2.60 bits per heavy atom. The highest BCUT2D eigenvalue weighted by atomic mass is 79.9. The van der Waals surface area contributed by atoms with Gasteiger partial charge in [-0.25, -0.2) is 4.39 Å². The van der Waals surface area contributed by atoms with E-state index in [9.17, 15) is 4.39 Å². The minimum Gasteiger partial charge on any atom is -0.310 e. The monoisotopic (exact) mass is 400 g/mol. The highest BCUT2D eigenvalue weighted by Gasteiger charge is 2.16. The van der Waals surface area contributed by atoms with Gasteiger partial charge in [0.15, 0.2) is 0 Å². The summed E-state index contributed by atoms with van der Waals surface area (Å²) in [7, 11) is 0. The van der Waals surface area contributed by atoms with Gasteiger partial charge in [0.1, 0.15) is 5.82 Å². The van der Waals surface area contributed by atoms with E-state index in [1.807, 2.05) is 25.1 Å². The summed E-state index contributed by atoms with van der Waals surface area (Å²) >= 11 is 6.76. The van der Waals surface area contributed by atoms with Gasteiger partial charge < -0.3 is 5.32 Å². The van der Waals surface area contributed by atoms with Gasteiger partial charge in [-0.2, -0.15) is 0 Å². The first-order chi connectivity index (χ1) is 9.60. The lowest BCUT2D eigenvalue weighted by molar-refractivity contribution is 0.506. The molecule has 0 saturated carbocycles. The SMILES string of the molecule is CCNC(Cc1ccc(Br)cn1)c1cc(Br)ccc1F. The van der Waals surface area contributed by atoms with Gasteiger partial charge in [-0.05, 0) is 52.8 Å². The Hall–Kier alpha value is -0.780. The quantitative estimate of drug-likeness (QED) is 0.789. The predicted molar refractivity (Wildman–Crippen MR) is 86.2 cm³/mol. The number of pyridine rings is 1. The summed E-state index contributed by atoms with van der Waals surface area (Å²) < 4.78 is 15.8. The summed E-state index contributed by atoms with van der Waals surface area (Å²) in [5.74, 6) is -0.198. The van der Waals surface area contributed by atoms with Gasteiger partial charge in [-0.3, -0.25) is 4.98 Å². The number of halogens is 3. The smallest absolute Gasteiger partial charge is 0.128 e. The first kappa shape index (κ1) is 15.6. The molecule has 2 rings (SSSR count). The van der Waals surface area contributed by atoms with Crippen LogP contribution in [0.3, 0.4) is 0 Å². The second kappa shape index (κ2) is 7.29. The molecule has 1 aromatic heterocycles. The van der Waals surface area contributed by atoms with Gasteiger partial charge in [-0.15, -0.1) is 0 Å². The normalized spacial score (nSPS) is 12.4. The number of benzene rings is 1. The molecule has 20 heavy (non-hydrogen) atoms. The van der Waals surface area contributed by atoms with Crippen molar-refractivity contribution in [2.75, 3.05) is 6.54 Å². The van der Waals surface area contributed by atoms with Crippen LogP contribution in [-0.2, 0) is 6.42 Å². The number of rotatable bonds is 5. The van der Waals surface area contributed by atoms with Crippen LogP contribution in [0.5, 0.6) is 0 Å². The van der Waals surface area contributed by atoms with Crippen molar-refractivity contribution < 1.29 is 4.39 Å². The van der Waals surface area contributed by atoms with E-state index in [0.717, 1.165) is 21.2 Å². The fourth-order valence-electron chi connectivity index (χ4n) is 2.06. The first-order valence-electron chi connectivity index (χ1n) is 6.39. The molecule has 0 saturated heterocycles. The lowest BCUT2D eigenvalue weighted by atomic mass is 10.0. The van der Waals surface area contributed by atoms with Crippen LogP contribution in [0, 0.1) is 5.82 Å². The Bertz CT molecular complexity index is 573. The van der Waals surface area contributed by atoms with Crippen LogP contribution in [0.4, 0.5) is 4.39 Å². The van der Waals surface area contributed by atoms with Gasteiger partial charge in [0.05, 0.1) is 0 Å². The molecule has 0 bridgehead atoms. The zero-order chi connectivity index (χ0) is 14.5. The van der Waals surface area contributed by atoms with E-state index in [1.165, 1.54) is 6.07 Å². The topological polar surface area (TPSA) is 24.9 Å². The van der Waals surface area contributed by atoms with Crippen molar-refractivity contribution in [3.63, 3.8) is 0 Å². The summed E-state index contributed by atoms with van der Waals surface area (Å²) in [5.41, 5.74) is 1.59. The molecule has 1 heterocycles. The zero-order valence-corrected chi connectivity index (χ0v) is 14.2. The Kier molecular flexibility index (Phi) is 5.69. The van der Waals surface area contributed by atoms with Crippen molar-refractivity contribution in [2.45, 2.75) is 19.4 Å². The first-order valence-corrected chi connectivity index (χ1v) is 7.97. The molecule has 0 aliphatic heterocycles. The molecule has 2 nitrogen and oxygen atoms in total. The molecule has 2 aromatic rings. The van der Waals surface area contributed by atoms with Crippen LogP contribution in [0.1, 0.15) is 24.2 Å². The summed E-state index contributed by atoms with van der Waals surface area (Å²) in [5, 5.41) is 3.32. The van der Waals surface area contributed by atoms with Crippen molar-refractivity contribution in [2.24, 2.45) is 0 Å². The number of aromatic nitrogens is 1. The lowest BCUT2D eigenvalue weighted by Crippen LogP contribution is -2.24. The van der Waals surface area contributed by atoms with E-state index in [0.29, 0.717) is 12.0 Å². The van der Waals surface area contributed by atoms with Crippen LogP contribution in [0.15, 0.2) is 45.5 Å². The summed E-state index contributed by atoms with van der Waals surface area (Å²) in [6.45, 7) is 2.78. The van der Waals surface area contributed by atoms with Crippen molar-refractivity contribution in [3.05, 3.63) is 62.5 Å². The van der Waals surface area contributed by atoms with E-state index in [2.05, 4.69) is 42.2 Å². The second-order valence-corrected chi connectivity index (χ2v) is 6.28. The summed E-state index contributed by atoms with van der Waals surface area (Å²) in [6.07, 6.45) is 2.41. The van der Waals surface area contributed by atoms with Gasteiger partial charge in [0.25, 0.3) is 0 Å². The maximum Gasteiger partial charge on any atom is 0.128 e. The predicted octanol–water partition coefficient (Wildman–Crippen LogP) is 4.64. The maximum atomic E-state index is 14.0. The highest BCUT2D eigenvalue weighted by Crippen LogP contribution is 2.24. The Balaban J connectivity index is 2.26. The molecule has 0 aliphatic carbocycles. The fourth-order valence-corrected chi connectivity index (χ4v) is 2.67. The maximum absolute atomic E-state index is 14.0. The number of nitrogens with one attached hydrogen (secondary N) is 1. The van der Waals surface area contributed by atoms with E-state index >= 15 is 0 Å². The van der Waals surface area contributed by atoms with E-state index < -0.39 is 0 Å². The van der Waals surface area contributed by atoms with E-state index in [-0.39, 0.29) is 11.9 Å². The molecular weight excluding hydrogens is 387 g/mol. The minimum absolute atomic E-state index is 0.0915. The van der Waals surface area contributed by atoms with Gasteiger partial charge in [-0.1, -0.05) is 22.9 Å². The standard InChI is InChI=1S/C15H15Br2FN2/c1-2-19-15(8-12-5-3-11(17)9-20-12)13-7-10(16)4-6-14(13)18/h3-7,9,15,19H,2,8H2,1H3. The summed E-state index contributed by atoms with van der Waals surface area (Å²) in [4.78, 5) is 4.36. The molecule has 1 N–H and O–H groups in total. The Morgan fingerprint density at radius 1 is 1.20 bits per heavy atom. The Labute approximate surface area is 135 Å². The molecule has 1 atom stereocenters. The molecule has 0 spiro atoms. The number of hydrogen-bond acceptors (Lipinski definition) is 2. The zero-order valence-electron chi connectivity index (χ0n) is 11.0. The third-order valence-corrected chi connectivity index (χ3v) is 3.95. The molecule has 1 aromatic carbocycles. The second-order valence-electron chi connectivity index (χ2n) is 4.45. The van der Waals surface area contributed by atoms with Crippen molar-refractivity contribution in [1.29, 1.82) is 0 Å². The molecule has 0 amide bonds. The van der Waals surface area contributed by atoms with Gasteiger partial charge in [0, 0.05) is 38.9 Å². The van der Waals surface area contributed by atoms with E-state index in [4.69, 9.17) is 0 Å². The Morgan fingerprint density at radius 2 is 1.95 bits per heavy atom. The van der Waals surface area contributed by atoms with Crippen molar-refractivity contribution >= 4 is 31.9 Å². The van der Waals surface area contributed by atoms with Crippen molar-refractivity contribution in [1.82, 2.24) is 10.3 Å². The third kappa shape index (κ3) is 4.11. The molecule has 106 valence electrons. The van der Waals surface area contributed by atoms with Crippen LogP contribution >= 0.6 is 31.9 Å². The lowest BCUT2D eigenvalue weighted by Gasteiger charge is -2.19. The largest absolute Gasteiger partial charge is 0.310 e. The van der Waals surface area contributed by atoms with Crippen LogP contribution in [-0.4, -0.2) is 11.5 Å². The van der Waals surface area contributed by atoms with Crippen LogP contribution in [0.25, 0.3) is 0 Å². The average Bonchev–Trinajstić information content (AvgIpc) is 2.43. The molecule has 0 radical (unpaired) electrons.